The number of benzene rings is 1. The maximum absolute atomic E-state index is 5.69. The van der Waals surface area contributed by atoms with Crippen LogP contribution in [-0.2, 0) is 0 Å². The van der Waals surface area contributed by atoms with Gasteiger partial charge in [0, 0.05) is 6.04 Å². The van der Waals surface area contributed by atoms with E-state index in [-0.39, 0.29) is 0 Å². The van der Waals surface area contributed by atoms with E-state index in [1.165, 1.54) is 31.2 Å². The number of ether oxygens (including phenoxy) is 1. The van der Waals surface area contributed by atoms with E-state index in [1.54, 1.807) is 0 Å². The van der Waals surface area contributed by atoms with Gasteiger partial charge in [-0.1, -0.05) is 45.7 Å². The average Bonchev–Trinajstić information content (AvgIpc) is 3.00. The molecule has 0 spiro atoms. The quantitative estimate of drug-likeness (QED) is 0.731. The second-order valence-electron chi connectivity index (χ2n) is 6.30. The van der Waals surface area contributed by atoms with E-state index >= 15 is 0 Å². The van der Waals surface area contributed by atoms with Gasteiger partial charge in [0.05, 0.1) is 6.61 Å². The van der Waals surface area contributed by atoms with Gasteiger partial charge in [0.15, 0.2) is 0 Å². The zero-order chi connectivity index (χ0) is 15.1. The molecular weight excluding hydrogens is 258 g/mol. The van der Waals surface area contributed by atoms with Crippen LogP contribution in [0.4, 0.5) is 0 Å². The fourth-order valence-electron chi connectivity index (χ4n) is 3.56. The van der Waals surface area contributed by atoms with Gasteiger partial charge in [0.25, 0.3) is 0 Å². The summed E-state index contributed by atoms with van der Waals surface area (Å²) in [5.41, 5.74) is 1.42. The molecule has 0 aromatic heterocycles. The van der Waals surface area contributed by atoms with Gasteiger partial charge in [-0.05, 0) is 55.3 Å². The van der Waals surface area contributed by atoms with Crippen LogP contribution in [0.2, 0.25) is 0 Å². The van der Waals surface area contributed by atoms with Gasteiger partial charge in [-0.15, -0.1) is 0 Å². The Morgan fingerprint density at radius 3 is 2.48 bits per heavy atom. The first-order valence-corrected chi connectivity index (χ1v) is 8.74. The Morgan fingerprint density at radius 2 is 1.90 bits per heavy atom. The molecule has 1 aliphatic rings. The first-order chi connectivity index (χ1) is 10.3. The van der Waals surface area contributed by atoms with E-state index in [9.17, 15) is 0 Å². The van der Waals surface area contributed by atoms with E-state index in [0.29, 0.717) is 6.04 Å². The fourth-order valence-corrected chi connectivity index (χ4v) is 3.56. The maximum atomic E-state index is 5.69. The van der Waals surface area contributed by atoms with Gasteiger partial charge < -0.3 is 10.1 Å². The number of hydrogen-bond acceptors (Lipinski definition) is 2. The van der Waals surface area contributed by atoms with Crippen molar-refractivity contribution in [2.24, 2.45) is 11.8 Å². The highest BCUT2D eigenvalue weighted by Gasteiger charge is 2.30. The second kappa shape index (κ2) is 8.43. The molecule has 0 radical (unpaired) electrons. The monoisotopic (exact) mass is 289 g/mol. The van der Waals surface area contributed by atoms with Crippen molar-refractivity contribution < 1.29 is 4.74 Å². The molecule has 2 heteroatoms. The minimum atomic E-state index is 0.506. The Kier molecular flexibility index (Phi) is 6.56. The van der Waals surface area contributed by atoms with Gasteiger partial charge in [-0.3, -0.25) is 0 Å². The summed E-state index contributed by atoms with van der Waals surface area (Å²) in [5, 5.41) is 3.71. The molecular formula is C19H31NO. The van der Waals surface area contributed by atoms with Crippen molar-refractivity contribution in [3.63, 3.8) is 0 Å². The van der Waals surface area contributed by atoms with Gasteiger partial charge in [-0.25, -0.2) is 0 Å². The first-order valence-electron chi connectivity index (χ1n) is 8.74. The van der Waals surface area contributed by atoms with E-state index < -0.39 is 0 Å². The Balaban J connectivity index is 2.03. The van der Waals surface area contributed by atoms with Crippen molar-refractivity contribution in [1.29, 1.82) is 0 Å². The van der Waals surface area contributed by atoms with E-state index in [4.69, 9.17) is 4.74 Å². The minimum Gasteiger partial charge on any atom is -0.494 e. The highest BCUT2D eigenvalue weighted by Crippen LogP contribution is 2.40. The molecule has 3 unspecified atom stereocenters. The summed E-state index contributed by atoms with van der Waals surface area (Å²) in [6.45, 7) is 8.51. The third kappa shape index (κ3) is 4.47. The summed E-state index contributed by atoms with van der Waals surface area (Å²) in [7, 11) is 0. The van der Waals surface area contributed by atoms with Crippen LogP contribution < -0.4 is 10.1 Å². The molecule has 0 saturated heterocycles. The molecule has 3 atom stereocenters. The highest BCUT2D eigenvalue weighted by molar-refractivity contribution is 5.29. The second-order valence-corrected chi connectivity index (χ2v) is 6.30. The van der Waals surface area contributed by atoms with Crippen LogP contribution in [0, 0.1) is 11.8 Å². The van der Waals surface area contributed by atoms with Crippen LogP contribution in [0.1, 0.15) is 64.5 Å². The minimum absolute atomic E-state index is 0.506. The predicted molar refractivity (Wildman–Crippen MR) is 89.8 cm³/mol. The van der Waals surface area contributed by atoms with Crippen LogP contribution in [0.5, 0.6) is 5.75 Å². The Labute approximate surface area is 130 Å². The van der Waals surface area contributed by atoms with Crippen molar-refractivity contribution in [2.75, 3.05) is 13.2 Å². The molecule has 1 aromatic carbocycles. The fraction of sp³-hybridized carbons (Fsp3) is 0.684. The van der Waals surface area contributed by atoms with Crippen molar-refractivity contribution in [2.45, 2.75) is 58.9 Å². The Hall–Kier alpha value is -1.02. The van der Waals surface area contributed by atoms with Crippen LogP contribution >= 0.6 is 0 Å². The van der Waals surface area contributed by atoms with Gasteiger partial charge >= 0.3 is 0 Å². The normalized spacial score (nSPS) is 23.2. The summed E-state index contributed by atoms with van der Waals surface area (Å²) >= 11 is 0. The molecule has 118 valence electrons. The van der Waals surface area contributed by atoms with Crippen molar-refractivity contribution in [3.05, 3.63) is 29.8 Å². The standard InChI is InChI=1S/C19H31NO/c1-4-13-21-18-11-9-16(10-12-18)19(20-6-3)17-8-7-15(5-2)14-17/h9-12,15,17,19-20H,4-8,13-14H2,1-3H3. The van der Waals surface area contributed by atoms with Crippen LogP contribution in [0.15, 0.2) is 24.3 Å². The molecule has 0 heterocycles. The van der Waals surface area contributed by atoms with E-state index in [0.717, 1.165) is 37.2 Å². The number of hydrogen-bond donors (Lipinski definition) is 1. The first kappa shape index (κ1) is 16.4. The SMILES string of the molecule is CCCOc1ccc(C(NCC)C2CCC(CC)C2)cc1. The molecule has 2 nitrogen and oxygen atoms in total. The van der Waals surface area contributed by atoms with Crippen LogP contribution in [0.3, 0.4) is 0 Å². The molecule has 1 aromatic rings. The number of nitrogens with one attached hydrogen (secondary N) is 1. The summed E-state index contributed by atoms with van der Waals surface area (Å²) in [6, 6.07) is 9.25. The zero-order valence-corrected chi connectivity index (χ0v) is 13.9. The molecule has 1 aliphatic carbocycles. The smallest absolute Gasteiger partial charge is 0.119 e. The molecule has 21 heavy (non-hydrogen) atoms. The van der Waals surface area contributed by atoms with Gasteiger partial charge in [0.1, 0.15) is 5.75 Å². The molecule has 0 bridgehead atoms. The average molecular weight is 289 g/mol. The molecule has 1 N–H and O–H groups in total. The van der Waals surface area contributed by atoms with E-state index in [2.05, 4.69) is 50.4 Å². The summed E-state index contributed by atoms with van der Waals surface area (Å²) in [4.78, 5) is 0. The van der Waals surface area contributed by atoms with E-state index in [1.807, 2.05) is 0 Å². The van der Waals surface area contributed by atoms with Crippen molar-refractivity contribution in [1.82, 2.24) is 5.32 Å². The summed E-state index contributed by atoms with van der Waals surface area (Å²) in [5.74, 6) is 2.72. The van der Waals surface area contributed by atoms with Gasteiger partial charge in [-0.2, -0.15) is 0 Å². The molecule has 2 rings (SSSR count). The van der Waals surface area contributed by atoms with Crippen LogP contribution in [0.25, 0.3) is 0 Å². The Bertz CT molecular complexity index is 401. The topological polar surface area (TPSA) is 21.3 Å². The maximum Gasteiger partial charge on any atom is 0.119 e. The largest absolute Gasteiger partial charge is 0.494 e. The summed E-state index contributed by atoms with van der Waals surface area (Å²) in [6.07, 6.45) is 6.54. The predicted octanol–water partition coefficient (Wildman–Crippen LogP) is 4.95. The van der Waals surface area contributed by atoms with Gasteiger partial charge in [0.2, 0.25) is 0 Å². The molecule has 1 fully saturated rings. The third-order valence-corrected chi connectivity index (χ3v) is 4.77. The lowest BCUT2D eigenvalue weighted by molar-refractivity contribution is 0.316. The van der Waals surface area contributed by atoms with Crippen molar-refractivity contribution in [3.8, 4) is 5.75 Å². The van der Waals surface area contributed by atoms with Crippen molar-refractivity contribution >= 4 is 0 Å². The lowest BCUT2D eigenvalue weighted by Gasteiger charge is -2.25. The lowest BCUT2D eigenvalue weighted by atomic mass is 9.90. The Morgan fingerprint density at radius 1 is 1.14 bits per heavy atom. The molecule has 1 saturated carbocycles. The zero-order valence-electron chi connectivity index (χ0n) is 13.9. The highest BCUT2D eigenvalue weighted by atomic mass is 16.5. The third-order valence-electron chi connectivity index (χ3n) is 4.77. The van der Waals surface area contributed by atoms with Crippen LogP contribution in [-0.4, -0.2) is 13.2 Å². The molecule has 0 amide bonds. The lowest BCUT2D eigenvalue weighted by Crippen LogP contribution is -2.27. The number of rotatable bonds is 8. The summed E-state index contributed by atoms with van der Waals surface area (Å²) < 4.78 is 5.69. The molecule has 0 aliphatic heterocycles.